The van der Waals surface area contributed by atoms with E-state index in [0.717, 1.165) is 60.3 Å². The predicted octanol–water partition coefficient (Wildman–Crippen LogP) is 3.63. The van der Waals surface area contributed by atoms with Crippen molar-refractivity contribution >= 4 is 22.7 Å². The van der Waals surface area contributed by atoms with Gasteiger partial charge >= 0.3 is 0 Å². The van der Waals surface area contributed by atoms with Gasteiger partial charge in [-0.25, -0.2) is 4.98 Å². The molecule has 3 aromatic rings. The van der Waals surface area contributed by atoms with E-state index in [9.17, 15) is 9.59 Å². The van der Waals surface area contributed by atoms with Crippen molar-refractivity contribution in [1.29, 1.82) is 0 Å². The maximum Gasteiger partial charge on any atom is 0.252 e. The summed E-state index contributed by atoms with van der Waals surface area (Å²) in [6.07, 6.45) is 2.58. The van der Waals surface area contributed by atoms with Crippen molar-refractivity contribution in [2.75, 3.05) is 33.3 Å². The molecule has 7 nitrogen and oxygen atoms in total. The van der Waals surface area contributed by atoms with E-state index in [1.807, 2.05) is 61.5 Å². The summed E-state index contributed by atoms with van der Waals surface area (Å²) in [5, 5.41) is 6.98. The van der Waals surface area contributed by atoms with Gasteiger partial charge in [-0.15, -0.1) is 0 Å². The number of para-hydroxylation sites is 1. The quantitative estimate of drug-likeness (QED) is 0.536. The molecular weight excluding hydrogens is 428 g/mol. The van der Waals surface area contributed by atoms with Crippen molar-refractivity contribution in [1.82, 2.24) is 20.5 Å². The summed E-state index contributed by atoms with van der Waals surface area (Å²) in [6.45, 7) is 4.75. The first-order valence-corrected chi connectivity index (χ1v) is 11.9. The summed E-state index contributed by atoms with van der Waals surface area (Å²) < 4.78 is 5.26. The number of pyridine rings is 1. The Balaban J connectivity index is 1.46. The maximum atomic E-state index is 13.4. The third-order valence-corrected chi connectivity index (χ3v) is 6.21. The van der Waals surface area contributed by atoms with Gasteiger partial charge in [-0.2, -0.15) is 0 Å². The zero-order chi connectivity index (χ0) is 23.9. The standard InChI is InChI=1S/C27H32N4O3/c1-3-14-28-26(32)18-31-15-12-20(13-16-31)29-27(33)23-17-25(19-8-10-21(34-2)11-9-19)30-24-7-5-4-6-22(23)24/h4-11,17,20H,3,12-16,18H2,1-2H3,(H,28,32)(H,29,33). The van der Waals surface area contributed by atoms with Gasteiger partial charge in [0.25, 0.3) is 5.91 Å². The van der Waals surface area contributed by atoms with Crippen LogP contribution in [0.1, 0.15) is 36.5 Å². The van der Waals surface area contributed by atoms with E-state index in [4.69, 9.17) is 9.72 Å². The lowest BCUT2D eigenvalue weighted by molar-refractivity contribution is -0.122. The lowest BCUT2D eigenvalue weighted by Gasteiger charge is -2.32. The fraction of sp³-hybridized carbons (Fsp3) is 0.370. The molecule has 1 aliphatic rings. The third kappa shape index (κ3) is 5.72. The summed E-state index contributed by atoms with van der Waals surface area (Å²) in [5.74, 6) is 0.753. The average molecular weight is 461 g/mol. The van der Waals surface area contributed by atoms with E-state index >= 15 is 0 Å². The summed E-state index contributed by atoms with van der Waals surface area (Å²) in [7, 11) is 1.64. The Labute approximate surface area is 200 Å². The number of likely N-dealkylation sites (tertiary alicyclic amines) is 1. The predicted molar refractivity (Wildman–Crippen MR) is 134 cm³/mol. The molecule has 0 spiro atoms. The monoisotopic (exact) mass is 460 g/mol. The van der Waals surface area contributed by atoms with E-state index < -0.39 is 0 Å². The fourth-order valence-corrected chi connectivity index (χ4v) is 4.29. The Morgan fingerprint density at radius 2 is 1.82 bits per heavy atom. The highest BCUT2D eigenvalue weighted by Gasteiger charge is 2.23. The second kappa shape index (κ2) is 11.1. The lowest BCUT2D eigenvalue weighted by atomic mass is 10.0. The normalized spacial score (nSPS) is 14.6. The van der Waals surface area contributed by atoms with E-state index in [1.54, 1.807) is 7.11 Å². The molecule has 2 aromatic carbocycles. The number of amides is 2. The molecule has 0 atom stereocenters. The number of carbonyl (C=O) groups excluding carboxylic acids is 2. The van der Waals surface area contributed by atoms with Gasteiger partial charge in [0.1, 0.15) is 5.75 Å². The molecule has 2 heterocycles. The number of carbonyl (C=O) groups is 2. The molecule has 0 saturated carbocycles. The largest absolute Gasteiger partial charge is 0.497 e. The van der Waals surface area contributed by atoms with Crippen molar-refractivity contribution in [3.63, 3.8) is 0 Å². The molecule has 34 heavy (non-hydrogen) atoms. The number of methoxy groups -OCH3 is 1. The molecule has 0 unspecified atom stereocenters. The van der Waals surface area contributed by atoms with Gasteiger partial charge in [-0.05, 0) is 55.7 Å². The van der Waals surface area contributed by atoms with Crippen molar-refractivity contribution in [2.45, 2.75) is 32.2 Å². The summed E-state index contributed by atoms with van der Waals surface area (Å²) in [4.78, 5) is 32.3. The molecule has 1 fully saturated rings. The number of piperidine rings is 1. The maximum absolute atomic E-state index is 13.4. The Morgan fingerprint density at radius 3 is 2.53 bits per heavy atom. The highest BCUT2D eigenvalue weighted by molar-refractivity contribution is 6.07. The van der Waals surface area contributed by atoms with Gasteiger partial charge in [0.15, 0.2) is 0 Å². The highest BCUT2D eigenvalue weighted by atomic mass is 16.5. The molecule has 7 heteroatoms. The van der Waals surface area contributed by atoms with Crippen LogP contribution in [0.25, 0.3) is 22.2 Å². The van der Waals surface area contributed by atoms with Gasteiger partial charge in [0.2, 0.25) is 5.91 Å². The van der Waals surface area contributed by atoms with E-state index in [2.05, 4.69) is 15.5 Å². The van der Waals surface area contributed by atoms with Crippen LogP contribution < -0.4 is 15.4 Å². The topological polar surface area (TPSA) is 83.6 Å². The minimum absolute atomic E-state index is 0.0682. The van der Waals surface area contributed by atoms with Gasteiger partial charge in [0, 0.05) is 36.6 Å². The second-order valence-electron chi connectivity index (χ2n) is 8.67. The Morgan fingerprint density at radius 1 is 1.09 bits per heavy atom. The molecule has 0 bridgehead atoms. The molecule has 4 rings (SSSR count). The van der Waals surface area contributed by atoms with Crippen LogP contribution >= 0.6 is 0 Å². The molecule has 178 valence electrons. The van der Waals surface area contributed by atoms with Crippen LogP contribution in [0.3, 0.4) is 0 Å². The Bertz CT molecular complexity index is 1140. The number of nitrogens with zero attached hydrogens (tertiary/aromatic N) is 2. The Hall–Kier alpha value is -3.45. The zero-order valence-corrected chi connectivity index (χ0v) is 19.8. The second-order valence-corrected chi connectivity index (χ2v) is 8.67. The van der Waals surface area contributed by atoms with Gasteiger partial charge in [-0.3, -0.25) is 14.5 Å². The lowest BCUT2D eigenvalue weighted by Crippen LogP contribution is -2.47. The molecule has 0 aliphatic carbocycles. The molecule has 0 radical (unpaired) electrons. The van der Waals surface area contributed by atoms with Crippen LogP contribution in [0, 0.1) is 0 Å². The number of hydrogen-bond donors (Lipinski definition) is 2. The minimum atomic E-state index is -0.0903. The first-order valence-electron chi connectivity index (χ1n) is 11.9. The van der Waals surface area contributed by atoms with Crippen LogP contribution in [0.15, 0.2) is 54.6 Å². The SMILES string of the molecule is CCCNC(=O)CN1CCC(NC(=O)c2cc(-c3ccc(OC)cc3)nc3ccccc23)CC1. The number of fused-ring (bicyclic) bond motifs is 1. The molecule has 1 saturated heterocycles. The smallest absolute Gasteiger partial charge is 0.252 e. The van der Waals surface area contributed by atoms with Gasteiger partial charge in [-0.1, -0.05) is 25.1 Å². The number of ether oxygens (including phenoxy) is 1. The first-order chi connectivity index (χ1) is 16.6. The zero-order valence-electron chi connectivity index (χ0n) is 19.8. The van der Waals surface area contributed by atoms with E-state index in [0.29, 0.717) is 18.7 Å². The van der Waals surface area contributed by atoms with Crippen LogP contribution in [0.2, 0.25) is 0 Å². The number of hydrogen-bond acceptors (Lipinski definition) is 5. The van der Waals surface area contributed by atoms with Crippen LogP contribution in [-0.4, -0.2) is 61.0 Å². The van der Waals surface area contributed by atoms with Crippen LogP contribution in [0.5, 0.6) is 5.75 Å². The number of rotatable bonds is 8. The Kier molecular flexibility index (Phi) is 7.75. The summed E-state index contributed by atoms with van der Waals surface area (Å²) in [5.41, 5.74) is 3.08. The fourth-order valence-electron chi connectivity index (χ4n) is 4.29. The van der Waals surface area contributed by atoms with Gasteiger partial charge in [0.05, 0.1) is 30.4 Å². The van der Waals surface area contributed by atoms with Gasteiger partial charge < -0.3 is 15.4 Å². The van der Waals surface area contributed by atoms with Crippen molar-refractivity contribution in [3.8, 4) is 17.0 Å². The average Bonchev–Trinajstić information content (AvgIpc) is 2.88. The number of benzene rings is 2. The van der Waals surface area contributed by atoms with E-state index in [-0.39, 0.29) is 17.9 Å². The van der Waals surface area contributed by atoms with Crippen molar-refractivity contribution in [3.05, 3.63) is 60.2 Å². The molecule has 1 aromatic heterocycles. The number of nitrogens with one attached hydrogen (secondary N) is 2. The summed E-state index contributed by atoms with van der Waals surface area (Å²) >= 11 is 0. The summed E-state index contributed by atoms with van der Waals surface area (Å²) in [6, 6.07) is 17.4. The van der Waals surface area contributed by atoms with Crippen molar-refractivity contribution < 1.29 is 14.3 Å². The van der Waals surface area contributed by atoms with Crippen LogP contribution in [-0.2, 0) is 4.79 Å². The first kappa shape index (κ1) is 23.7. The molecule has 2 amide bonds. The molecule has 2 N–H and O–H groups in total. The van der Waals surface area contributed by atoms with E-state index in [1.165, 1.54) is 0 Å². The highest BCUT2D eigenvalue weighted by Crippen LogP contribution is 2.26. The number of aromatic nitrogens is 1. The molecule has 1 aliphatic heterocycles. The van der Waals surface area contributed by atoms with Crippen molar-refractivity contribution in [2.24, 2.45) is 0 Å². The minimum Gasteiger partial charge on any atom is -0.497 e. The third-order valence-electron chi connectivity index (χ3n) is 6.21. The molecular formula is C27H32N4O3. The van der Waals surface area contributed by atoms with Crippen LogP contribution in [0.4, 0.5) is 0 Å².